The minimum Gasteiger partial charge on any atom is -0.336 e. The van der Waals surface area contributed by atoms with Crippen LogP contribution >= 0.6 is 0 Å². The molecule has 1 fully saturated rings. The third-order valence-electron chi connectivity index (χ3n) is 6.08. The van der Waals surface area contributed by atoms with Crippen molar-refractivity contribution in [2.75, 3.05) is 18.4 Å². The van der Waals surface area contributed by atoms with Crippen LogP contribution in [0, 0.1) is 20.8 Å². The van der Waals surface area contributed by atoms with Gasteiger partial charge >= 0.3 is 0 Å². The van der Waals surface area contributed by atoms with Crippen LogP contribution in [0.15, 0.2) is 12.1 Å². The Labute approximate surface area is 172 Å². The molecule has 0 saturated carbocycles. The van der Waals surface area contributed by atoms with Gasteiger partial charge < -0.3 is 14.8 Å². The zero-order valence-corrected chi connectivity index (χ0v) is 17.7. The molecule has 4 rings (SSSR count). The van der Waals surface area contributed by atoms with Gasteiger partial charge in [-0.05, 0) is 70.4 Å². The fourth-order valence-corrected chi connectivity index (χ4v) is 4.68. The van der Waals surface area contributed by atoms with Crippen molar-refractivity contribution in [3.63, 3.8) is 0 Å². The first-order valence-corrected chi connectivity index (χ1v) is 10.7. The second kappa shape index (κ2) is 8.01. The summed E-state index contributed by atoms with van der Waals surface area (Å²) in [7, 11) is 0. The number of anilines is 1. The molecule has 3 heterocycles. The summed E-state index contributed by atoms with van der Waals surface area (Å²) in [4.78, 5) is 32.8. The number of nitrogens with zero attached hydrogens (tertiary/aromatic N) is 3. The summed E-state index contributed by atoms with van der Waals surface area (Å²) < 4.78 is 1.99. The lowest BCUT2D eigenvalue weighted by atomic mass is 10.0. The first kappa shape index (κ1) is 19.7. The number of benzene rings is 1. The Morgan fingerprint density at radius 2 is 1.59 bits per heavy atom. The van der Waals surface area contributed by atoms with Crippen molar-refractivity contribution >= 4 is 17.5 Å². The molecule has 154 valence electrons. The average Bonchev–Trinajstić information content (AvgIpc) is 3.10. The summed E-state index contributed by atoms with van der Waals surface area (Å²) in [6.45, 7) is 8.38. The molecular formula is C23H30N4O2. The zero-order chi connectivity index (χ0) is 20.5. The van der Waals surface area contributed by atoms with Gasteiger partial charge in [0.1, 0.15) is 0 Å². The topological polar surface area (TPSA) is 67.2 Å². The summed E-state index contributed by atoms with van der Waals surface area (Å²) in [5, 5.41) is 3.06. The van der Waals surface area contributed by atoms with Gasteiger partial charge in [0.05, 0.1) is 5.69 Å². The highest BCUT2D eigenvalue weighted by Crippen LogP contribution is 2.26. The van der Waals surface area contributed by atoms with Crippen LogP contribution in [0.1, 0.15) is 75.6 Å². The monoisotopic (exact) mass is 394 g/mol. The minimum absolute atomic E-state index is 0.0328. The van der Waals surface area contributed by atoms with Crippen LogP contribution < -0.4 is 5.32 Å². The van der Waals surface area contributed by atoms with Crippen molar-refractivity contribution in [1.82, 2.24) is 14.5 Å². The van der Waals surface area contributed by atoms with E-state index in [1.807, 2.05) is 23.3 Å². The van der Waals surface area contributed by atoms with Crippen LogP contribution in [-0.4, -0.2) is 39.4 Å². The number of aryl methyl sites for hydroxylation is 3. The Hall–Kier alpha value is -2.63. The summed E-state index contributed by atoms with van der Waals surface area (Å²) in [5.74, 6) is 0.182. The second-order valence-corrected chi connectivity index (χ2v) is 8.42. The second-order valence-electron chi connectivity index (χ2n) is 8.42. The molecule has 0 bridgehead atoms. The maximum absolute atomic E-state index is 13.2. The van der Waals surface area contributed by atoms with Crippen LogP contribution in [0.4, 0.5) is 5.69 Å². The Balaban J connectivity index is 1.66. The van der Waals surface area contributed by atoms with Crippen LogP contribution in [0.3, 0.4) is 0 Å². The lowest BCUT2D eigenvalue weighted by Crippen LogP contribution is -2.37. The number of aromatic nitrogens is 2. The van der Waals surface area contributed by atoms with Gasteiger partial charge in [0.25, 0.3) is 11.8 Å². The van der Waals surface area contributed by atoms with Gasteiger partial charge in [-0.2, -0.15) is 0 Å². The Morgan fingerprint density at radius 1 is 0.931 bits per heavy atom. The van der Waals surface area contributed by atoms with E-state index in [1.54, 1.807) is 0 Å². The third kappa shape index (κ3) is 3.80. The predicted octanol–water partition coefficient (Wildman–Crippen LogP) is 4.02. The molecule has 6 nitrogen and oxygen atoms in total. The number of rotatable bonds is 3. The molecule has 1 saturated heterocycles. The van der Waals surface area contributed by atoms with E-state index in [2.05, 4.69) is 29.4 Å². The molecule has 1 aromatic carbocycles. The van der Waals surface area contributed by atoms with Crippen LogP contribution in [0.25, 0.3) is 0 Å². The Bertz CT molecular complexity index is 931. The maximum atomic E-state index is 13.2. The smallest absolute Gasteiger partial charge is 0.289 e. The standard InChI is InChI=1S/C23H30N4O2/c1-15-13-16(2)19(17(3)14-15)25-22(28)20-18-9-5-8-12-27(18)21(24-20)23(29)26-10-6-4-7-11-26/h13-14H,4-12H2,1-3H3,(H,25,28). The molecule has 0 radical (unpaired) electrons. The van der Waals surface area contributed by atoms with Gasteiger partial charge in [-0.3, -0.25) is 9.59 Å². The van der Waals surface area contributed by atoms with E-state index >= 15 is 0 Å². The molecular weight excluding hydrogens is 364 g/mol. The maximum Gasteiger partial charge on any atom is 0.289 e. The van der Waals surface area contributed by atoms with Gasteiger partial charge in [0, 0.05) is 25.3 Å². The minimum atomic E-state index is -0.219. The molecule has 1 aromatic heterocycles. The molecule has 1 N–H and O–H groups in total. The van der Waals surface area contributed by atoms with Gasteiger partial charge in [-0.1, -0.05) is 17.7 Å². The van der Waals surface area contributed by atoms with E-state index in [4.69, 9.17) is 0 Å². The molecule has 0 unspecified atom stereocenters. The molecule has 6 heteroatoms. The highest BCUT2D eigenvalue weighted by molar-refractivity contribution is 6.05. The third-order valence-corrected chi connectivity index (χ3v) is 6.08. The number of hydrogen-bond acceptors (Lipinski definition) is 3. The first-order valence-electron chi connectivity index (χ1n) is 10.7. The van der Waals surface area contributed by atoms with Gasteiger partial charge in [0.15, 0.2) is 11.5 Å². The van der Waals surface area contributed by atoms with Gasteiger partial charge in [-0.25, -0.2) is 4.98 Å². The van der Waals surface area contributed by atoms with Gasteiger partial charge in [0.2, 0.25) is 0 Å². The number of hydrogen-bond donors (Lipinski definition) is 1. The predicted molar refractivity (Wildman–Crippen MR) is 114 cm³/mol. The largest absolute Gasteiger partial charge is 0.336 e. The number of likely N-dealkylation sites (tertiary alicyclic amines) is 1. The number of amides is 2. The van der Waals surface area contributed by atoms with Crippen molar-refractivity contribution in [2.24, 2.45) is 0 Å². The van der Waals surface area contributed by atoms with Crippen molar-refractivity contribution in [3.05, 3.63) is 46.0 Å². The zero-order valence-electron chi connectivity index (χ0n) is 17.7. The van der Waals surface area contributed by atoms with Crippen molar-refractivity contribution in [3.8, 4) is 0 Å². The highest BCUT2D eigenvalue weighted by atomic mass is 16.2. The van der Waals surface area contributed by atoms with E-state index in [0.29, 0.717) is 11.5 Å². The molecule has 29 heavy (non-hydrogen) atoms. The molecule has 2 aliphatic heterocycles. The van der Waals surface area contributed by atoms with Gasteiger partial charge in [-0.15, -0.1) is 0 Å². The van der Waals surface area contributed by atoms with Crippen LogP contribution in [0.5, 0.6) is 0 Å². The molecule has 0 aliphatic carbocycles. The summed E-state index contributed by atoms with van der Waals surface area (Å²) in [5.41, 5.74) is 5.39. The molecule has 0 spiro atoms. The van der Waals surface area contributed by atoms with Crippen molar-refractivity contribution < 1.29 is 9.59 Å². The van der Waals surface area contributed by atoms with E-state index in [9.17, 15) is 9.59 Å². The van der Waals surface area contributed by atoms with Crippen LogP contribution in [0.2, 0.25) is 0 Å². The lowest BCUT2D eigenvalue weighted by molar-refractivity contribution is 0.0705. The highest BCUT2D eigenvalue weighted by Gasteiger charge is 2.30. The van der Waals surface area contributed by atoms with Crippen molar-refractivity contribution in [2.45, 2.75) is 65.8 Å². The van der Waals surface area contributed by atoms with Crippen LogP contribution in [-0.2, 0) is 13.0 Å². The van der Waals surface area contributed by atoms with E-state index < -0.39 is 0 Å². The molecule has 2 aliphatic rings. The summed E-state index contributed by atoms with van der Waals surface area (Å²) in [6.07, 6.45) is 6.07. The van der Waals surface area contributed by atoms with E-state index in [-0.39, 0.29) is 11.8 Å². The quantitative estimate of drug-likeness (QED) is 0.855. The number of imidazole rings is 1. The number of carbonyl (C=O) groups excluding carboxylic acids is 2. The number of nitrogens with one attached hydrogen (secondary N) is 1. The normalized spacial score (nSPS) is 16.4. The fourth-order valence-electron chi connectivity index (χ4n) is 4.68. The average molecular weight is 395 g/mol. The summed E-state index contributed by atoms with van der Waals surface area (Å²) in [6, 6.07) is 4.13. The van der Waals surface area contributed by atoms with Crippen molar-refractivity contribution in [1.29, 1.82) is 0 Å². The molecule has 2 aromatic rings. The summed E-state index contributed by atoms with van der Waals surface area (Å²) >= 11 is 0. The lowest BCUT2D eigenvalue weighted by Gasteiger charge is -2.27. The Morgan fingerprint density at radius 3 is 2.28 bits per heavy atom. The number of piperidine rings is 1. The number of fused-ring (bicyclic) bond motifs is 1. The number of carbonyl (C=O) groups is 2. The Kier molecular flexibility index (Phi) is 5.43. The molecule has 2 amide bonds. The SMILES string of the molecule is Cc1cc(C)c(NC(=O)c2nc(C(=O)N3CCCCC3)n3c2CCCC3)c(C)c1. The molecule has 0 atom stereocenters. The first-order chi connectivity index (χ1) is 14.0. The van der Waals surface area contributed by atoms with E-state index in [1.165, 1.54) is 12.0 Å². The van der Waals surface area contributed by atoms with E-state index in [0.717, 1.165) is 74.2 Å². The fraction of sp³-hybridized carbons (Fsp3) is 0.522.